The maximum atomic E-state index is 12.5. The lowest BCUT2D eigenvalue weighted by Crippen LogP contribution is -2.27. The van der Waals surface area contributed by atoms with Gasteiger partial charge >= 0.3 is 0 Å². The van der Waals surface area contributed by atoms with Gasteiger partial charge in [-0.2, -0.15) is 0 Å². The van der Waals surface area contributed by atoms with Gasteiger partial charge in [0.25, 0.3) is 0 Å². The number of Topliss-reactive ketones (excluding diaryl/α,β-unsaturated/α-hetero) is 1. The largest absolute Gasteiger partial charge is 0.293 e. The van der Waals surface area contributed by atoms with E-state index in [4.69, 9.17) is 11.6 Å². The van der Waals surface area contributed by atoms with Crippen molar-refractivity contribution in [3.05, 3.63) is 63.6 Å². The molecule has 0 spiro atoms. The smallest absolute Gasteiger partial charge is 0.188 e. The van der Waals surface area contributed by atoms with Gasteiger partial charge in [0.15, 0.2) is 15.6 Å². The van der Waals surface area contributed by atoms with Gasteiger partial charge in [0, 0.05) is 15.1 Å². The van der Waals surface area contributed by atoms with Gasteiger partial charge < -0.3 is 0 Å². The Kier molecular flexibility index (Phi) is 4.86. The summed E-state index contributed by atoms with van der Waals surface area (Å²) in [6.07, 6.45) is 0. The van der Waals surface area contributed by atoms with Crippen molar-refractivity contribution in [1.29, 1.82) is 0 Å². The molecule has 6 heteroatoms. The summed E-state index contributed by atoms with van der Waals surface area (Å²) in [5, 5.41) is -0.708. The lowest BCUT2D eigenvalue weighted by Gasteiger charge is -2.12. The first-order valence-corrected chi connectivity index (χ1v) is 8.83. The molecule has 1 atom stereocenters. The Morgan fingerprint density at radius 2 is 1.57 bits per heavy atom. The molecule has 2 aromatic rings. The van der Waals surface area contributed by atoms with E-state index in [1.807, 2.05) is 0 Å². The fraction of sp³-hybridized carbons (Fsp3) is 0.133. The standard InChI is InChI=1S/C15H12BrClO3S/c1-10(15(18)11-2-4-12(16)5-3-11)21(19,20)14-8-6-13(17)7-9-14/h2-10H,1H3. The Morgan fingerprint density at radius 3 is 2.10 bits per heavy atom. The molecule has 0 bridgehead atoms. The van der Waals surface area contributed by atoms with E-state index < -0.39 is 20.9 Å². The highest BCUT2D eigenvalue weighted by Gasteiger charge is 2.30. The average molecular weight is 388 g/mol. The first-order valence-electron chi connectivity index (χ1n) is 6.11. The molecular formula is C15H12BrClO3S. The van der Waals surface area contributed by atoms with E-state index in [9.17, 15) is 13.2 Å². The van der Waals surface area contributed by atoms with Crippen LogP contribution in [0.2, 0.25) is 5.02 Å². The van der Waals surface area contributed by atoms with Crippen molar-refractivity contribution in [1.82, 2.24) is 0 Å². The molecule has 0 aliphatic heterocycles. The van der Waals surface area contributed by atoms with Gasteiger partial charge in [0.2, 0.25) is 0 Å². The number of hydrogen-bond acceptors (Lipinski definition) is 3. The summed E-state index contributed by atoms with van der Waals surface area (Å²) in [4.78, 5) is 12.4. The van der Waals surface area contributed by atoms with E-state index in [0.717, 1.165) is 4.47 Å². The van der Waals surface area contributed by atoms with Crippen LogP contribution >= 0.6 is 27.5 Å². The second-order valence-corrected chi connectivity index (χ2v) is 8.13. The van der Waals surface area contributed by atoms with Crippen LogP contribution in [-0.2, 0) is 9.84 Å². The van der Waals surface area contributed by atoms with E-state index in [0.29, 0.717) is 10.6 Å². The van der Waals surface area contributed by atoms with Gasteiger partial charge in [-0.1, -0.05) is 39.7 Å². The minimum Gasteiger partial charge on any atom is -0.293 e. The average Bonchev–Trinajstić information content (AvgIpc) is 2.47. The lowest BCUT2D eigenvalue weighted by molar-refractivity contribution is 0.0991. The first-order chi connectivity index (χ1) is 9.82. The Hall–Kier alpha value is -1.17. The molecule has 21 heavy (non-hydrogen) atoms. The second kappa shape index (κ2) is 6.30. The lowest BCUT2D eigenvalue weighted by atomic mass is 10.1. The van der Waals surface area contributed by atoms with Gasteiger partial charge in [0.1, 0.15) is 5.25 Å². The molecule has 3 nitrogen and oxygen atoms in total. The topological polar surface area (TPSA) is 51.2 Å². The zero-order valence-electron chi connectivity index (χ0n) is 11.1. The predicted molar refractivity (Wildman–Crippen MR) is 86.6 cm³/mol. The van der Waals surface area contributed by atoms with Crippen LogP contribution in [0.5, 0.6) is 0 Å². The summed E-state index contributed by atoms with van der Waals surface area (Å²) in [5.74, 6) is -0.433. The highest BCUT2D eigenvalue weighted by atomic mass is 79.9. The number of rotatable bonds is 4. The summed E-state index contributed by atoms with van der Waals surface area (Å²) in [7, 11) is -3.73. The highest BCUT2D eigenvalue weighted by molar-refractivity contribution is 9.10. The molecule has 2 rings (SSSR count). The highest BCUT2D eigenvalue weighted by Crippen LogP contribution is 2.22. The molecule has 1 unspecified atom stereocenters. The number of carbonyl (C=O) groups is 1. The molecular weight excluding hydrogens is 376 g/mol. The van der Waals surface area contributed by atoms with Crippen LogP contribution in [0.15, 0.2) is 57.9 Å². The quantitative estimate of drug-likeness (QED) is 0.741. The zero-order valence-corrected chi connectivity index (χ0v) is 14.2. The molecule has 0 N–H and O–H groups in total. The molecule has 0 aromatic heterocycles. The van der Waals surface area contributed by atoms with Crippen LogP contribution in [0.3, 0.4) is 0 Å². The van der Waals surface area contributed by atoms with Crippen LogP contribution in [-0.4, -0.2) is 19.5 Å². The van der Waals surface area contributed by atoms with Crippen LogP contribution in [0.25, 0.3) is 0 Å². The number of benzene rings is 2. The summed E-state index contributed by atoms with van der Waals surface area (Å²) in [5.41, 5.74) is 0.364. The van der Waals surface area contributed by atoms with Gasteiger partial charge in [-0.05, 0) is 43.3 Å². The molecule has 0 aliphatic carbocycles. The van der Waals surface area contributed by atoms with E-state index in [-0.39, 0.29) is 4.90 Å². The number of carbonyl (C=O) groups excluding carboxylic acids is 1. The Labute approximate surface area is 137 Å². The Balaban J connectivity index is 2.33. The van der Waals surface area contributed by atoms with Gasteiger partial charge in [-0.15, -0.1) is 0 Å². The van der Waals surface area contributed by atoms with Crippen molar-refractivity contribution in [3.63, 3.8) is 0 Å². The Bertz CT molecular complexity index is 753. The maximum absolute atomic E-state index is 12.5. The van der Waals surface area contributed by atoms with E-state index >= 15 is 0 Å². The van der Waals surface area contributed by atoms with Crippen molar-refractivity contribution in [2.45, 2.75) is 17.1 Å². The van der Waals surface area contributed by atoms with Crippen molar-refractivity contribution < 1.29 is 13.2 Å². The van der Waals surface area contributed by atoms with Crippen LogP contribution in [0.4, 0.5) is 0 Å². The van der Waals surface area contributed by atoms with Crippen LogP contribution < -0.4 is 0 Å². The summed E-state index contributed by atoms with van der Waals surface area (Å²) in [6.45, 7) is 1.40. The zero-order chi connectivity index (χ0) is 15.6. The minimum atomic E-state index is -3.73. The van der Waals surface area contributed by atoms with Gasteiger partial charge in [-0.25, -0.2) is 8.42 Å². The number of sulfone groups is 1. The van der Waals surface area contributed by atoms with Crippen molar-refractivity contribution in [3.8, 4) is 0 Å². The van der Waals surface area contributed by atoms with Gasteiger partial charge in [0.05, 0.1) is 4.90 Å². The molecule has 0 aliphatic rings. The number of ketones is 1. The SMILES string of the molecule is CC(C(=O)c1ccc(Br)cc1)S(=O)(=O)c1ccc(Cl)cc1. The molecule has 0 amide bonds. The van der Waals surface area contributed by atoms with E-state index in [1.165, 1.54) is 31.2 Å². The summed E-state index contributed by atoms with van der Waals surface area (Å²) < 4.78 is 25.7. The Morgan fingerprint density at radius 1 is 1.05 bits per heavy atom. The maximum Gasteiger partial charge on any atom is 0.188 e. The monoisotopic (exact) mass is 386 g/mol. The predicted octanol–water partition coefficient (Wildman–Crippen LogP) is 4.15. The molecule has 110 valence electrons. The summed E-state index contributed by atoms with van der Waals surface area (Å²) in [6, 6.07) is 12.4. The molecule has 0 fully saturated rings. The number of hydrogen-bond donors (Lipinski definition) is 0. The third-order valence-electron chi connectivity index (χ3n) is 3.11. The molecule has 0 heterocycles. The number of halogens is 2. The summed E-state index contributed by atoms with van der Waals surface area (Å²) >= 11 is 9.02. The van der Waals surface area contributed by atoms with Crippen LogP contribution in [0.1, 0.15) is 17.3 Å². The molecule has 0 saturated heterocycles. The minimum absolute atomic E-state index is 0.0878. The fourth-order valence-corrected chi connectivity index (χ4v) is 3.55. The van der Waals surface area contributed by atoms with Gasteiger partial charge in [-0.3, -0.25) is 4.79 Å². The second-order valence-electron chi connectivity index (χ2n) is 4.51. The molecule has 2 aromatic carbocycles. The third kappa shape index (κ3) is 3.54. The molecule has 0 saturated carbocycles. The third-order valence-corrected chi connectivity index (χ3v) is 5.96. The first kappa shape index (κ1) is 16.2. The van der Waals surface area contributed by atoms with Crippen molar-refractivity contribution in [2.24, 2.45) is 0 Å². The van der Waals surface area contributed by atoms with Crippen LogP contribution in [0, 0.1) is 0 Å². The van der Waals surface area contributed by atoms with Crippen molar-refractivity contribution >= 4 is 43.2 Å². The molecule has 0 radical (unpaired) electrons. The van der Waals surface area contributed by atoms with E-state index in [1.54, 1.807) is 24.3 Å². The normalized spacial score (nSPS) is 12.9. The van der Waals surface area contributed by atoms with E-state index in [2.05, 4.69) is 15.9 Å². The van der Waals surface area contributed by atoms with Crippen molar-refractivity contribution in [2.75, 3.05) is 0 Å². The fourth-order valence-electron chi connectivity index (χ4n) is 1.82.